The second-order valence-corrected chi connectivity index (χ2v) is 8.78. The lowest BCUT2D eigenvalue weighted by molar-refractivity contribution is -0.162. The van der Waals surface area contributed by atoms with E-state index in [1.807, 2.05) is 24.3 Å². The van der Waals surface area contributed by atoms with Crippen molar-refractivity contribution in [3.05, 3.63) is 48.0 Å². The van der Waals surface area contributed by atoms with Gasteiger partial charge in [-0.2, -0.15) is 13.2 Å². The van der Waals surface area contributed by atoms with Crippen molar-refractivity contribution in [2.24, 2.45) is 5.92 Å². The molecule has 1 aromatic heterocycles. The zero-order valence-corrected chi connectivity index (χ0v) is 17.6. The van der Waals surface area contributed by atoms with Crippen LogP contribution in [0.2, 0.25) is 0 Å². The van der Waals surface area contributed by atoms with Crippen LogP contribution < -0.4 is 4.90 Å². The maximum absolute atomic E-state index is 13.0. The van der Waals surface area contributed by atoms with Gasteiger partial charge in [0.2, 0.25) is 5.91 Å². The molecule has 1 fully saturated rings. The predicted molar refractivity (Wildman–Crippen MR) is 112 cm³/mol. The summed E-state index contributed by atoms with van der Waals surface area (Å²) in [7, 11) is 0. The minimum Gasteiger partial charge on any atom is -0.361 e. The van der Waals surface area contributed by atoms with E-state index in [1.54, 1.807) is 12.5 Å². The van der Waals surface area contributed by atoms with Gasteiger partial charge in [-0.05, 0) is 30.4 Å². The average Bonchev–Trinajstić information content (AvgIpc) is 3.39. The Morgan fingerprint density at radius 1 is 1.16 bits per heavy atom. The molecule has 1 aliphatic heterocycles. The van der Waals surface area contributed by atoms with Crippen molar-refractivity contribution >= 4 is 11.6 Å². The van der Waals surface area contributed by atoms with Crippen molar-refractivity contribution in [3.63, 3.8) is 0 Å². The molecule has 2 aromatic rings. The minimum atomic E-state index is -4.50. The lowest BCUT2D eigenvalue weighted by Gasteiger charge is -2.34. The number of H-pyrrole nitrogens is 1. The van der Waals surface area contributed by atoms with Crippen molar-refractivity contribution in [3.8, 4) is 0 Å². The van der Waals surface area contributed by atoms with Crippen LogP contribution in [-0.4, -0.2) is 39.5 Å². The van der Waals surface area contributed by atoms with E-state index in [9.17, 15) is 18.0 Å². The fraction of sp³-hybridized carbons (Fsp3) is 0.565. The Morgan fingerprint density at radius 3 is 2.65 bits per heavy atom. The van der Waals surface area contributed by atoms with E-state index in [0.717, 1.165) is 29.8 Å². The number of imidazole rings is 1. The maximum atomic E-state index is 13.0. The van der Waals surface area contributed by atoms with E-state index in [0.29, 0.717) is 19.0 Å². The summed E-state index contributed by atoms with van der Waals surface area (Å²) in [5, 5.41) is 0. The number of benzene rings is 1. The molecular weight excluding hydrogens is 405 g/mol. The summed E-state index contributed by atoms with van der Waals surface area (Å²) in [5.74, 6) is -0.177. The van der Waals surface area contributed by atoms with Gasteiger partial charge in [-0.25, -0.2) is 4.98 Å². The van der Waals surface area contributed by atoms with E-state index in [-0.39, 0.29) is 12.6 Å². The van der Waals surface area contributed by atoms with Crippen LogP contribution in [0.3, 0.4) is 0 Å². The summed E-state index contributed by atoms with van der Waals surface area (Å²) in [4.78, 5) is 23.5. The van der Waals surface area contributed by atoms with Crippen molar-refractivity contribution in [1.82, 2.24) is 14.9 Å². The van der Waals surface area contributed by atoms with E-state index in [2.05, 4.69) is 14.9 Å². The Kier molecular flexibility index (Phi) is 6.53. The Hall–Kier alpha value is -2.51. The van der Waals surface area contributed by atoms with Gasteiger partial charge in [0.05, 0.1) is 18.6 Å². The molecular formula is C23H29F3N4O. The van der Waals surface area contributed by atoms with Gasteiger partial charge in [0.1, 0.15) is 6.42 Å². The predicted octanol–water partition coefficient (Wildman–Crippen LogP) is 5.05. The highest BCUT2D eigenvalue weighted by molar-refractivity contribution is 5.77. The third-order valence-electron chi connectivity index (χ3n) is 6.52. The first-order valence-electron chi connectivity index (χ1n) is 11.1. The monoisotopic (exact) mass is 434 g/mol. The fourth-order valence-electron chi connectivity index (χ4n) is 4.96. The van der Waals surface area contributed by atoms with Gasteiger partial charge < -0.3 is 14.8 Å². The van der Waals surface area contributed by atoms with Crippen LogP contribution in [0.25, 0.3) is 0 Å². The number of carbonyl (C=O) groups is 1. The molecule has 0 radical (unpaired) electrons. The number of hydrogen-bond acceptors (Lipinski definition) is 3. The minimum absolute atomic E-state index is 0.0512. The Balaban J connectivity index is 1.62. The highest BCUT2D eigenvalue weighted by Gasteiger charge is 2.37. The Labute approximate surface area is 180 Å². The number of para-hydroxylation sites is 1. The molecule has 31 heavy (non-hydrogen) atoms. The highest BCUT2D eigenvalue weighted by atomic mass is 19.4. The topological polar surface area (TPSA) is 52.2 Å². The number of rotatable bonds is 6. The van der Waals surface area contributed by atoms with Crippen molar-refractivity contribution in [2.75, 3.05) is 11.4 Å². The van der Waals surface area contributed by atoms with Crippen molar-refractivity contribution in [1.29, 1.82) is 0 Å². The molecule has 2 heterocycles. The van der Waals surface area contributed by atoms with Gasteiger partial charge in [-0.1, -0.05) is 43.9 Å². The SMILES string of the molecule is O=C(CC(F)(F)F)N1Cc2ccccc2N(Cc2cnc[nH]2)C(CCC2CCCC2)C1. The summed E-state index contributed by atoms with van der Waals surface area (Å²) < 4.78 is 38.9. The number of halogens is 3. The first kappa shape index (κ1) is 21.7. The van der Waals surface area contributed by atoms with Crippen LogP contribution in [0.4, 0.5) is 18.9 Å². The molecule has 1 N–H and O–H groups in total. The number of aromatic amines is 1. The number of carbonyl (C=O) groups excluding carboxylic acids is 1. The van der Waals surface area contributed by atoms with Crippen LogP contribution in [0, 0.1) is 5.92 Å². The smallest absolute Gasteiger partial charge is 0.361 e. The van der Waals surface area contributed by atoms with Crippen molar-refractivity contribution in [2.45, 2.75) is 70.3 Å². The Morgan fingerprint density at radius 2 is 1.94 bits per heavy atom. The normalized spacial score (nSPS) is 20.0. The lowest BCUT2D eigenvalue weighted by Crippen LogP contribution is -2.44. The highest BCUT2D eigenvalue weighted by Crippen LogP contribution is 2.35. The third-order valence-corrected chi connectivity index (χ3v) is 6.52. The molecule has 168 valence electrons. The first-order chi connectivity index (χ1) is 14.9. The number of amides is 1. The number of nitrogens with one attached hydrogen (secondary N) is 1. The quantitative estimate of drug-likeness (QED) is 0.692. The molecule has 1 aliphatic carbocycles. The molecule has 0 saturated heterocycles. The molecule has 1 atom stereocenters. The third kappa shape index (κ3) is 5.60. The van der Waals surface area contributed by atoms with Gasteiger partial charge in [0.25, 0.3) is 0 Å². The summed E-state index contributed by atoms with van der Waals surface area (Å²) in [6, 6.07) is 7.68. The molecule has 2 aliphatic rings. The summed E-state index contributed by atoms with van der Waals surface area (Å²) in [6.07, 6.45) is 4.33. The number of nitrogens with zero attached hydrogens (tertiary/aromatic N) is 3. The fourth-order valence-corrected chi connectivity index (χ4v) is 4.96. The molecule has 0 bridgehead atoms. The molecule has 1 amide bonds. The first-order valence-corrected chi connectivity index (χ1v) is 11.1. The van der Waals surface area contributed by atoms with Gasteiger partial charge in [0.15, 0.2) is 0 Å². The number of aromatic nitrogens is 2. The van der Waals surface area contributed by atoms with Crippen LogP contribution in [-0.2, 0) is 17.9 Å². The molecule has 8 heteroatoms. The van der Waals surface area contributed by atoms with Gasteiger partial charge in [0, 0.05) is 31.0 Å². The van der Waals surface area contributed by atoms with Crippen LogP contribution in [0.15, 0.2) is 36.8 Å². The lowest BCUT2D eigenvalue weighted by atomic mass is 9.97. The van der Waals surface area contributed by atoms with Crippen LogP contribution in [0.1, 0.15) is 56.2 Å². The van der Waals surface area contributed by atoms with Crippen LogP contribution in [0.5, 0.6) is 0 Å². The zero-order valence-electron chi connectivity index (χ0n) is 17.6. The van der Waals surface area contributed by atoms with Crippen molar-refractivity contribution < 1.29 is 18.0 Å². The molecule has 1 saturated carbocycles. The average molecular weight is 435 g/mol. The number of fused-ring (bicyclic) bond motifs is 1. The number of hydrogen-bond donors (Lipinski definition) is 1. The Bertz CT molecular complexity index is 862. The molecule has 1 aromatic carbocycles. The second kappa shape index (κ2) is 9.32. The number of anilines is 1. The maximum Gasteiger partial charge on any atom is 0.397 e. The molecule has 0 spiro atoms. The van der Waals surface area contributed by atoms with Gasteiger partial charge >= 0.3 is 6.18 Å². The molecule has 4 rings (SSSR count). The molecule has 5 nitrogen and oxygen atoms in total. The summed E-state index contributed by atoms with van der Waals surface area (Å²) in [6.45, 7) is 1.07. The largest absolute Gasteiger partial charge is 0.397 e. The van der Waals surface area contributed by atoms with Gasteiger partial charge in [-0.15, -0.1) is 0 Å². The summed E-state index contributed by atoms with van der Waals surface area (Å²) in [5.41, 5.74) is 2.80. The van der Waals surface area contributed by atoms with E-state index >= 15 is 0 Å². The second-order valence-electron chi connectivity index (χ2n) is 8.78. The number of alkyl halides is 3. The standard InChI is InChI=1S/C23H29F3N4O/c24-23(25,26)11-22(31)29-13-18-7-3-4-8-21(18)30(14-19-12-27-16-28-19)20(15-29)10-9-17-5-1-2-6-17/h3-4,7-8,12,16-17,20H,1-2,5-6,9-11,13-15H2,(H,27,28). The zero-order chi connectivity index (χ0) is 21.8. The van der Waals surface area contributed by atoms with E-state index < -0.39 is 18.5 Å². The van der Waals surface area contributed by atoms with E-state index in [4.69, 9.17) is 0 Å². The molecule has 1 unspecified atom stereocenters. The summed E-state index contributed by atoms with van der Waals surface area (Å²) >= 11 is 0. The van der Waals surface area contributed by atoms with E-state index in [1.165, 1.54) is 30.6 Å². The van der Waals surface area contributed by atoms with Crippen LogP contribution >= 0.6 is 0 Å². The van der Waals surface area contributed by atoms with Gasteiger partial charge in [-0.3, -0.25) is 4.79 Å².